The lowest BCUT2D eigenvalue weighted by Crippen LogP contribution is -2.26. The average molecular weight is 243 g/mol. The normalized spacial score (nSPS) is 10.8. The molecule has 6 nitrogen and oxygen atoms in total. The number of nitrogens with zero attached hydrogens (tertiary/aromatic N) is 3. The number of hydrogen-bond donors (Lipinski definition) is 0. The Morgan fingerprint density at radius 3 is 2.59 bits per heavy atom. The minimum Gasteiger partial charge on any atom is -0.458 e. The van der Waals surface area contributed by atoms with Gasteiger partial charge in [-0.1, -0.05) is 11.5 Å². The number of carbonyl (C=O) groups excluding carboxylic acids is 1. The molecule has 98 valence electrons. The lowest BCUT2D eigenvalue weighted by Gasteiger charge is -2.19. The highest BCUT2D eigenvalue weighted by Gasteiger charge is 2.15. The van der Waals surface area contributed by atoms with Crippen LogP contribution in [0, 0.1) is 0 Å². The van der Waals surface area contributed by atoms with E-state index in [1.54, 1.807) is 0 Å². The summed E-state index contributed by atoms with van der Waals surface area (Å²) >= 11 is 0. The van der Waals surface area contributed by atoms with E-state index < -0.39 is 5.60 Å². The van der Waals surface area contributed by atoms with Crippen molar-refractivity contribution in [2.45, 2.75) is 45.6 Å². The third-order valence-corrected chi connectivity index (χ3v) is 1.75. The van der Waals surface area contributed by atoms with Gasteiger partial charge < -0.3 is 9.47 Å². The highest BCUT2D eigenvalue weighted by molar-refractivity contribution is 5.71. The van der Waals surface area contributed by atoms with Gasteiger partial charge in [0.25, 0.3) is 0 Å². The van der Waals surface area contributed by atoms with E-state index in [2.05, 4.69) is 10.0 Å². The lowest BCUT2D eigenvalue weighted by atomic mass is 10.2. The van der Waals surface area contributed by atoms with E-state index in [4.69, 9.17) is 15.0 Å². The van der Waals surface area contributed by atoms with Gasteiger partial charge in [-0.05, 0) is 39.1 Å². The van der Waals surface area contributed by atoms with Crippen LogP contribution in [0.4, 0.5) is 0 Å². The van der Waals surface area contributed by atoms with Crippen LogP contribution in [0.2, 0.25) is 0 Å². The van der Waals surface area contributed by atoms with Crippen LogP contribution in [0.5, 0.6) is 0 Å². The summed E-state index contributed by atoms with van der Waals surface area (Å²) < 4.78 is 10.2. The van der Waals surface area contributed by atoms with Gasteiger partial charge >= 0.3 is 5.97 Å². The molecule has 0 rings (SSSR count). The molecule has 0 aliphatic rings. The Balaban J connectivity index is 3.34. The fraction of sp³-hybridized carbons (Fsp3) is 0.909. The van der Waals surface area contributed by atoms with Crippen LogP contribution < -0.4 is 0 Å². The van der Waals surface area contributed by atoms with Crippen LogP contribution in [-0.4, -0.2) is 31.3 Å². The van der Waals surface area contributed by atoms with Crippen molar-refractivity contribution in [2.24, 2.45) is 5.11 Å². The summed E-state index contributed by atoms with van der Waals surface area (Å²) in [6.45, 7) is 6.49. The fourth-order valence-corrected chi connectivity index (χ4v) is 1.13. The highest BCUT2D eigenvalue weighted by atomic mass is 16.6. The minimum atomic E-state index is -0.463. The Morgan fingerprint density at radius 1 is 1.29 bits per heavy atom. The molecule has 17 heavy (non-hydrogen) atoms. The second-order valence-corrected chi connectivity index (χ2v) is 4.65. The molecule has 6 heteroatoms. The van der Waals surface area contributed by atoms with Crippen molar-refractivity contribution in [3.05, 3.63) is 10.4 Å². The Bertz CT molecular complexity index is 268. The topological polar surface area (TPSA) is 84.3 Å². The molecule has 0 aromatic rings. The molecule has 0 aliphatic heterocycles. The molecule has 0 saturated heterocycles. The largest absolute Gasteiger partial charge is 0.458 e. The first-order valence-electron chi connectivity index (χ1n) is 5.76. The first kappa shape index (κ1) is 15.7. The van der Waals surface area contributed by atoms with E-state index in [1.165, 1.54) is 0 Å². The zero-order chi connectivity index (χ0) is 13.1. The van der Waals surface area contributed by atoms with Crippen LogP contribution in [0.25, 0.3) is 10.4 Å². The van der Waals surface area contributed by atoms with E-state index >= 15 is 0 Å². The van der Waals surface area contributed by atoms with Gasteiger partial charge in [-0.2, -0.15) is 0 Å². The lowest BCUT2D eigenvalue weighted by molar-refractivity contribution is -0.160. The predicted molar refractivity (Wildman–Crippen MR) is 64.5 cm³/mol. The molecule has 0 radical (unpaired) electrons. The molecule has 0 spiro atoms. The zero-order valence-electron chi connectivity index (χ0n) is 10.8. The van der Waals surface area contributed by atoms with Gasteiger partial charge in [-0.25, -0.2) is 4.79 Å². The number of ether oxygens (including phenoxy) is 2. The van der Waals surface area contributed by atoms with Gasteiger partial charge in [0.2, 0.25) is 0 Å². The summed E-state index contributed by atoms with van der Waals surface area (Å²) in [4.78, 5) is 13.9. The van der Waals surface area contributed by atoms with Crippen molar-refractivity contribution in [3.8, 4) is 0 Å². The number of unbranched alkanes of at least 4 members (excludes halogenated alkanes) is 2. The maximum atomic E-state index is 11.2. The van der Waals surface area contributed by atoms with Crippen LogP contribution in [-0.2, 0) is 14.3 Å². The molecule has 0 aromatic carbocycles. The van der Waals surface area contributed by atoms with Crippen molar-refractivity contribution in [1.29, 1.82) is 0 Å². The minimum absolute atomic E-state index is 0.00633. The SMILES string of the molecule is CC(C)(C)OC(=O)COCCCCCN=[N+]=[N-]. The van der Waals surface area contributed by atoms with E-state index in [1.807, 2.05) is 20.8 Å². The third-order valence-electron chi connectivity index (χ3n) is 1.75. The molecule has 0 bridgehead atoms. The summed E-state index contributed by atoms with van der Waals surface area (Å²) in [6.07, 6.45) is 2.62. The summed E-state index contributed by atoms with van der Waals surface area (Å²) in [5.41, 5.74) is 7.58. The monoisotopic (exact) mass is 243 g/mol. The maximum Gasteiger partial charge on any atom is 0.332 e. The highest BCUT2D eigenvalue weighted by Crippen LogP contribution is 2.06. The van der Waals surface area contributed by atoms with Gasteiger partial charge in [0.1, 0.15) is 12.2 Å². The molecule has 0 amide bonds. The van der Waals surface area contributed by atoms with Crippen LogP contribution in [0.3, 0.4) is 0 Å². The zero-order valence-corrected chi connectivity index (χ0v) is 10.8. The van der Waals surface area contributed by atoms with E-state index in [9.17, 15) is 4.79 Å². The summed E-state index contributed by atoms with van der Waals surface area (Å²) in [5.74, 6) is -0.341. The Kier molecular flexibility index (Phi) is 8.19. The maximum absolute atomic E-state index is 11.2. The number of rotatable bonds is 8. The summed E-state index contributed by atoms with van der Waals surface area (Å²) in [7, 11) is 0. The summed E-state index contributed by atoms with van der Waals surface area (Å²) in [5, 5.41) is 3.42. The number of hydrogen-bond acceptors (Lipinski definition) is 4. The first-order valence-corrected chi connectivity index (χ1v) is 5.76. The molecular weight excluding hydrogens is 222 g/mol. The van der Waals surface area contributed by atoms with Crippen molar-refractivity contribution >= 4 is 5.97 Å². The molecule has 0 fully saturated rings. The number of esters is 1. The first-order chi connectivity index (χ1) is 7.95. The molecular formula is C11H21N3O3. The molecule has 0 unspecified atom stereocenters. The van der Waals surface area contributed by atoms with Crippen LogP contribution in [0.1, 0.15) is 40.0 Å². The van der Waals surface area contributed by atoms with E-state index in [0.29, 0.717) is 13.2 Å². The number of carbonyl (C=O) groups is 1. The Morgan fingerprint density at radius 2 is 2.00 bits per heavy atom. The van der Waals surface area contributed by atoms with Crippen molar-refractivity contribution < 1.29 is 14.3 Å². The van der Waals surface area contributed by atoms with Gasteiger partial charge in [0, 0.05) is 18.1 Å². The van der Waals surface area contributed by atoms with Crippen LogP contribution >= 0.6 is 0 Å². The van der Waals surface area contributed by atoms with Gasteiger partial charge in [0.15, 0.2) is 0 Å². The molecule has 0 aromatic heterocycles. The standard InChI is InChI=1S/C11H21N3O3/c1-11(2,3)17-10(15)9-16-8-6-4-5-7-13-14-12/h4-9H2,1-3H3. The van der Waals surface area contributed by atoms with Gasteiger partial charge in [-0.15, -0.1) is 0 Å². The van der Waals surface area contributed by atoms with E-state index in [0.717, 1.165) is 19.3 Å². The smallest absolute Gasteiger partial charge is 0.332 e. The van der Waals surface area contributed by atoms with E-state index in [-0.39, 0.29) is 12.6 Å². The van der Waals surface area contributed by atoms with Gasteiger partial charge in [0.05, 0.1) is 0 Å². The fourth-order valence-electron chi connectivity index (χ4n) is 1.13. The molecule has 0 atom stereocenters. The van der Waals surface area contributed by atoms with Crippen molar-refractivity contribution in [1.82, 2.24) is 0 Å². The van der Waals surface area contributed by atoms with Gasteiger partial charge in [-0.3, -0.25) is 0 Å². The predicted octanol–water partition coefficient (Wildman–Crippen LogP) is 2.83. The van der Waals surface area contributed by atoms with Crippen molar-refractivity contribution in [3.63, 3.8) is 0 Å². The molecule has 0 heterocycles. The molecule has 0 N–H and O–H groups in total. The second-order valence-electron chi connectivity index (χ2n) is 4.65. The quantitative estimate of drug-likeness (QED) is 0.216. The number of azide groups is 1. The Labute approximate surface area is 102 Å². The summed E-state index contributed by atoms with van der Waals surface area (Å²) in [6, 6.07) is 0. The second kappa shape index (κ2) is 8.84. The molecule has 0 saturated carbocycles. The molecule has 0 aliphatic carbocycles. The van der Waals surface area contributed by atoms with Crippen molar-refractivity contribution in [2.75, 3.05) is 19.8 Å². The Hall–Kier alpha value is -1.26. The van der Waals surface area contributed by atoms with Crippen LogP contribution in [0.15, 0.2) is 5.11 Å². The third kappa shape index (κ3) is 12.7. The average Bonchev–Trinajstić information content (AvgIpc) is 2.19.